The van der Waals surface area contributed by atoms with E-state index in [9.17, 15) is 4.79 Å². The minimum atomic E-state index is -0.213. The molecule has 0 N–H and O–H groups in total. The fourth-order valence-corrected chi connectivity index (χ4v) is 5.80. The SMILES string of the molecule is CN(C)CC(=O)N1Cc2cc(Cl)ccc2-n2c(nnc2N2CCC3(CC2)OCc2ccccc23)C1. The Morgan fingerprint density at radius 2 is 1.89 bits per heavy atom. The number of hydrogen-bond donors (Lipinski definition) is 0. The third-order valence-corrected chi connectivity index (χ3v) is 7.59. The van der Waals surface area contributed by atoms with Crippen LogP contribution in [0.15, 0.2) is 42.5 Å². The van der Waals surface area contributed by atoms with Crippen molar-refractivity contribution in [3.63, 3.8) is 0 Å². The van der Waals surface area contributed by atoms with Crippen LogP contribution >= 0.6 is 11.6 Å². The van der Waals surface area contributed by atoms with Gasteiger partial charge in [0.15, 0.2) is 5.82 Å². The first kappa shape index (κ1) is 22.5. The third kappa shape index (κ3) is 3.90. The molecule has 1 saturated heterocycles. The number of halogens is 1. The molecule has 1 spiro atoms. The Bertz CT molecular complexity index is 1280. The fourth-order valence-electron chi connectivity index (χ4n) is 5.60. The van der Waals surface area contributed by atoms with E-state index in [1.54, 1.807) is 0 Å². The average molecular weight is 493 g/mol. The first-order valence-electron chi connectivity index (χ1n) is 12.1. The third-order valence-electron chi connectivity index (χ3n) is 7.36. The first-order chi connectivity index (χ1) is 16.9. The lowest BCUT2D eigenvalue weighted by molar-refractivity contribution is -0.133. The Hall–Kier alpha value is -2.94. The van der Waals surface area contributed by atoms with Gasteiger partial charge in [-0.05, 0) is 61.8 Å². The van der Waals surface area contributed by atoms with E-state index in [-0.39, 0.29) is 11.5 Å². The van der Waals surface area contributed by atoms with E-state index in [1.807, 2.05) is 42.1 Å². The molecule has 0 saturated carbocycles. The lowest BCUT2D eigenvalue weighted by Gasteiger charge is -2.39. The van der Waals surface area contributed by atoms with Crippen molar-refractivity contribution in [3.8, 4) is 5.69 Å². The highest BCUT2D eigenvalue weighted by Gasteiger charge is 2.43. The highest BCUT2D eigenvalue weighted by Crippen LogP contribution is 2.44. The Balaban J connectivity index is 1.32. The van der Waals surface area contributed by atoms with Crippen LogP contribution in [0.25, 0.3) is 5.69 Å². The van der Waals surface area contributed by atoms with Gasteiger partial charge in [0.05, 0.1) is 31.0 Å². The zero-order chi connectivity index (χ0) is 24.2. The topological polar surface area (TPSA) is 66.7 Å². The van der Waals surface area contributed by atoms with Crippen molar-refractivity contribution in [3.05, 3.63) is 70.0 Å². The summed E-state index contributed by atoms with van der Waals surface area (Å²) in [5.74, 6) is 1.62. The number of amides is 1. The van der Waals surface area contributed by atoms with Crippen LogP contribution in [0.1, 0.15) is 35.4 Å². The summed E-state index contributed by atoms with van der Waals surface area (Å²) in [6.07, 6.45) is 1.79. The fraction of sp³-hybridized carbons (Fsp3) is 0.423. The summed E-state index contributed by atoms with van der Waals surface area (Å²) in [7, 11) is 3.80. The maximum atomic E-state index is 13.0. The number of fused-ring (bicyclic) bond motifs is 5. The van der Waals surface area contributed by atoms with Gasteiger partial charge < -0.3 is 19.4 Å². The number of likely N-dealkylation sites (N-methyl/N-ethyl adjacent to an activating group) is 1. The zero-order valence-corrected chi connectivity index (χ0v) is 20.8. The molecule has 3 aliphatic heterocycles. The second-order valence-corrected chi connectivity index (χ2v) is 10.4. The lowest BCUT2D eigenvalue weighted by Crippen LogP contribution is -2.43. The van der Waals surface area contributed by atoms with Gasteiger partial charge in [-0.25, -0.2) is 0 Å². The normalized spacial score (nSPS) is 18.4. The maximum Gasteiger partial charge on any atom is 0.237 e. The summed E-state index contributed by atoms with van der Waals surface area (Å²) in [5, 5.41) is 9.82. The molecule has 8 nitrogen and oxygen atoms in total. The molecule has 4 heterocycles. The van der Waals surface area contributed by atoms with Crippen LogP contribution in [-0.2, 0) is 34.8 Å². The Labute approximate surface area is 210 Å². The minimum absolute atomic E-state index is 0.0517. The van der Waals surface area contributed by atoms with Crippen LogP contribution in [0.4, 0.5) is 5.95 Å². The van der Waals surface area contributed by atoms with Gasteiger partial charge in [0.1, 0.15) is 0 Å². The smallest absolute Gasteiger partial charge is 0.237 e. The number of nitrogens with zero attached hydrogens (tertiary/aromatic N) is 6. The molecule has 3 aromatic rings. The minimum Gasteiger partial charge on any atom is -0.365 e. The number of piperidine rings is 1. The monoisotopic (exact) mass is 492 g/mol. The average Bonchev–Trinajstić information content (AvgIpc) is 3.37. The molecule has 1 aromatic heterocycles. The molecular formula is C26H29ClN6O2. The summed E-state index contributed by atoms with van der Waals surface area (Å²) in [6, 6.07) is 14.4. The largest absolute Gasteiger partial charge is 0.365 e. The predicted octanol–water partition coefficient (Wildman–Crippen LogP) is 3.35. The lowest BCUT2D eigenvalue weighted by atomic mass is 9.84. The maximum absolute atomic E-state index is 13.0. The van der Waals surface area contributed by atoms with Gasteiger partial charge in [-0.3, -0.25) is 9.36 Å². The molecular weight excluding hydrogens is 464 g/mol. The van der Waals surface area contributed by atoms with Crippen LogP contribution in [0.5, 0.6) is 0 Å². The summed E-state index contributed by atoms with van der Waals surface area (Å²) in [6.45, 7) is 3.55. The van der Waals surface area contributed by atoms with Gasteiger partial charge in [-0.15, -0.1) is 10.2 Å². The molecule has 0 unspecified atom stereocenters. The molecule has 0 aliphatic carbocycles. The number of hydrogen-bond acceptors (Lipinski definition) is 6. The number of carbonyl (C=O) groups excluding carboxylic acids is 1. The van der Waals surface area contributed by atoms with Crippen molar-refractivity contribution in [2.45, 2.75) is 38.1 Å². The van der Waals surface area contributed by atoms with Crippen molar-refractivity contribution < 1.29 is 9.53 Å². The molecule has 2 aromatic carbocycles. The number of benzene rings is 2. The Kier molecular flexibility index (Phi) is 5.55. The molecule has 0 bridgehead atoms. The van der Waals surface area contributed by atoms with Crippen molar-refractivity contribution >= 4 is 23.5 Å². The molecule has 3 aliphatic rings. The van der Waals surface area contributed by atoms with E-state index in [0.29, 0.717) is 31.3 Å². The quantitative estimate of drug-likeness (QED) is 0.558. The molecule has 1 fully saturated rings. The van der Waals surface area contributed by atoms with Crippen molar-refractivity contribution in [2.75, 3.05) is 38.6 Å². The molecule has 0 atom stereocenters. The summed E-state index contributed by atoms with van der Waals surface area (Å²) < 4.78 is 8.47. The standard InChI is InChI=1S/C26H29ClN6O2/c1-30(2)16-24(34)32-14-19-13-20(27)7-8-22(19)33-23(15-32)28-29-25(33)31-11-9-26(10-12-31)21-6-4-3-5-18(21)17-35-26/h3-8,13H,9-12,14-17H2,1-2H3. The van der Waals surface area contributed by atoms with Gasteiger partial charge in [0.25, 0.3) is 0 Å². The van der Waals surface area contributed by atoms with E-state index in [2.05, 4.69) is 43.9 Å². The summed E-state index contributed by atoms with van der Waals surface area (Å²) >= 11 is 6.37. The molecule has 0 radical (unpaired) electrons. The van der Waals surface area contributed by atoms with Crippen molar-refractivity contribution in [2.24, 2.45) is 0 Å². The van der Waals surface area contributed by atoms with Gasteiger partial charge >= 0.3 is 0 Å². The van der Waals surface area contributed by atoms with Crippen molar-refractivity contribution in [1.29, 1.82) is 0 Å². The molecule has 6 rings (SSSR count). The van der Waals surface area contributed by atoms with E-state index in [4.69, 9.17) is 16.3 Å². The van der Waals surface area contributed by atoms with E-state index in [1.165, 1.54) is 11.1 Å². The Morgan fingerprint density at radius 3 is 2.69 bits per heavy atom. The highest BCUT2D eigenvalue weighted by atomic mass is 35.5. The first-order valence-corrected chi connectivity index (χ1v) is 12.4. The van der Waals surface area contributed by atoms with Gasteiger partial charge in [-0.1, -0.05) is 35.9 Å². The second kappa shape index (κ2) is 8.62. The molecule has 9 heteroatoms. The van der Waals surface area contributed by atoms with Crippen molar-refractivity contribution in [1.82, 2.24) is 24.6 Å². The Morgan fingerprint density at radius 1 is 1.09 bits per heavy atom. The van der Waals surface area contributed by atoms with E-state index in [0.717, 1.165) is 49.0 Å². The number of carbonyl (C=O) groups is 1. The molecule has 182 valence electrons. The number of anilines is 1. The summed E-state index contributed by atoms with van der Waals surface area (Å²) in [5.41, 5.74) is 4.38. The summed E-state index contributed by atoms with van der Waals surface area (Å²) in [4.78, 5) is 19.0. The predicted molar refractivity (Wildman–Crippen MR) is 134 cm³/mol. The van der Waals surface area contributed by atoms with Crippen LogP contribution in [0.3, 0.4) is 0 Å². The second-order valence-electron chi connectivity index (χ2n) is 9.94. The van der Waals surface area contributed by atoms with Crippen LogP contribution in [0, 0.1) is 0 Å². The van der Waals surface area contributed by atoms with Crippen LogP contribution < -0.4 is 4.90 Å². The number of rotatable bonds is 3. The van der Waals surface area contributed by atoms with E-state index >= 15 is 0 Å². The number of ether oxygens (including phenoxy) is 1. The zero-order valence-electron chi connectivity index (χ0n) is 20.1. The molecule has 1 amide bonds. The number of aromatic nitrogens is 3. The van der Waals surface area contributed by atoms with Crippen LogP contribution in [-0.4, -0.2) is 64.2 Å². The molecule has 35 heavy (non-hydrogen) atoms. The van der Waals surface area contributed by atoms with Crippen LogP contribution in [0.2, 0.25) is 5.02 Å². The van der Waals surface area contributed by atoms with Gasteiger partial charge in [0.2, 0.25) is 11.9 Å². The highest BCUT2D eigenvalue weighted by molar-refractivity contribution is 6.30. The van der Waals surface area contributed by atoms with Gasteiger partial charge in [-0.2, -0.15) is 0 Å². The van der Waals surface area contributed by atoms with E-state index < -0.39 is 0 Å². The van der Waals surface area contributed by atoms with Gasteiger partial charge in [0, 0.05) is 24.7 Å².